The summed E-state index contributed by atoms with van der Waals surface area (Å²) >= 11 is 5.57. The number of hydrogen-bond acceptors (Lipinski definition) is 8. The number of ether oxygens (including phenoxy) is 2. The summed E-state index contributed by atoms with van der Waals surface area (Å²) in [6.45, 7) is 0.323. The molecule has 1 aromatic carbocycles. The molecular formula is C23H22N4O6S. The molecular weight excluding hydrogens is 460 g/mol. The van der Waals surface area contributed by atoms with E-state index >= 15 is 0 Å². The van der Waals surface area contributed by atoms with Crippen molar-refractivity contribution in [3.8, 4) is 17.1 Å². The van der Waals surface area contributed by atoms with Gasteiger partial charge in [0.25, 0.3) is 5.69 Å². The molecule has 0 aliphatic carbocycles. The Morgan fingerprint density at radius 3 is 2.76 bits per heavy atom. The number of pyridine rings is 1. The molecule has 11 heteroatoms. The maximum Gasteiger partial charge on any atom is 0.307 e. The third-order valence-corrected chi connectivity index (χ3v) is 5.91. The van der Waals surface area contributed by atoms with E-state index < -0.39 is 4.92 Å². The fourth-order valence-electron chi connectivity index (χ4n) is 3.92. The first kappa shape index (κ1) is 23.2. The molecule has 1 saturated heterocycles. The number of carbonyl (C=O) groups is 1. The second-order valence-electron chi connectivity index (χ2n) is 7.49. The maximum absolute atomic E-state index is 11.8. The van der Waals surface area contributed by atoms with Crippen LogP contribution in [-0.4, -0.2) is 46.7 Å². The van der Waals surface area contributed by atoms with Gasteiger partial charge in [-0.05, 0) is 42.5 Å². The van der Waals surface area contributed by atoms with E-state index in [9.17, 15) is 14.9 Å². The summed E-state index contributed by atoms with van der Waals surface area (Å²) < 4.78 is 16.4. The fourth-order valence-corrected chi connectivity index (χ4v) is 4.25. The van der Waals surface area contributed by atoms with Crippen LogP contribution in [0.2, 0.25) is 0 Å². The Hall–Kier alpha value is -3.99. The zero-order chi connectivity index (χ0) is 24.2. The molecule has 0 unspecified atom stereocenters. The lowest BCUT2D eigenvalue weighted by atomic mass is 10.0. The number of non-ortho nitro benzene ring substituents is 1. The molecule has 1 aliphatic rings. The smallest absolute Gasteiger partial charge is 0.307 e. The molecule has 0 saturated carbocycles. The zero-order valence-corrected chi connectivity index (χ0v) is 19.3. The van der Waals surface area contributed by atoms with Crippen LogP contribution in [0.3, 0.4) is 0 Å². The molecule has 176 valence electrons. The summed E-state index contributed by atoms with van der Waals surface area (Å²) in [6, 6.07) is 12.8. The van der Waals surface area contributed by atoms with Crippen LogP contribution >= 0.6 is 12.2 Å². The van der Waals surface area contributed by atoms with E-state index in [1.165, 1.54) is 26.4 Å². The van der Waals surface area contributed by atoms with Gasteiger partial charge >= 0.3 is 5.97 Å². The number of furan rings is 1. The minimum atomic E-state index is -0.484. The van der Waals surface area contributed by atoms with Crippen LogP contribution in [0.5, 0.6) is 5.75 Å². The lowest BCUT2D eigenvalue weighted by Crippen LogP contribution is -2.31. The Morgan fingerprint density at radius 1 is 1.26 bits per heavy atom. The normalized spacial score (nSPS) is 17.4. The molecule has 2 atom stereocenters. The van der Waals surface area contributed by atoms with Crippen LogP contribution in [0.1, 0.15) is 30.0 Å². The number of carbonyl (C=O) groups excluding carboxylic acids is 1. The highest BCUT2D eigenvalue weighted by atomic mass is 32.1. The molecule has 1 aliphatic heterocycles. The number of aromatic nitrogens is 1. The van der Waals surface area contributed by atoms with Gasteiger partial charge in [0.05, 0.1) is 48.9 Å². The van der Waals surface area contributed by atoms with Crippen molar-refractivity contribution >= 4 is 29.0 Å². The largest absolute Gasteiger partial charge is 0.496 e. The third-order valence-electron chi connectivity index (χ3n) is 5.56. The summed E-state index contributed by atoms with van der Waals surface area (Å²) in [6.07, 6.45) is 1.84. The number of rotatable bonds is 8. The number of nitrogens with zero attached hydrogens (tertiary/aromatic N) is 3. The van der Waals surface area contributed by atoms with Crippen LogP contribution in [0.15, 0.2) is 59.1 Å². The van der Waals surface area contributed by atoms with Crippen molar-refractivity contribution in [3.05, 3.63) is 76.3 Å². The van der Waals surface area contributed by atoms with E-state index in [0.717, 1.165) is 5.69 Å². The van der Waals surface area contributed by atoms with Gasteiger partial charge < -0.3 is 24.1 Å². The second-order valence-corrected chi connectivity index (χ2v) is 7.88. The number of esters is 1. The Balaban J connectivity index is 1.71. The Morgan fingerprint density at radius 2 is 2.09 bits per heavy atom. The lowest BCUT2D eigenvalue weighted by Gasteiger charge is -2.25. The van der Waals surface area contributed by atoms with Gasteiger partial charge in [0, 0.05) is 18.8 Å². The SMILES string of the molecule is COC(=O)CCN1C(=S)N[C@H](c2ccccn2)[C@@H]1c1ccc(-c2ccc([N+](=O)[O-])cc2OC)o1. The molecule has 0 bridgehead atoms. The van der Waals surface area contributed by atoms with Gasteiger partial charge in [0.1, 0.15) is 23.3 Å². The monoisotopic (exact) mass is 482 g/mol. The number of nitrogens with one attached hydrogen (secondary N) is 1. The van der Waals surface area contributed by atoms with Crippen LogP contribution in [-0.2, 0) is 9.53 Å². The number of methoxy groups -OCH3 is 2. The molecule has 2 aromatic heterocycles. The Labute approximate surface area is 200 Å². The summed E-state index contributed by atoms with van der Waals surface area (Å²) in [5.41, 5.74) is 1.26. The lowest BCUT2D eigenvalue weighted by molar-refractivity contribution is -0.384. The van der Waals surface area contributed by atoms with E-state index in [4.69, 9.17) is 26.1 Å². The second kappa shape index (κ2) is 9.87. The van der Waals surface area contributed by atoms with Gasteiger partial charge in [0.2, 0.25) is 0 Å². The number of nitro groups is 1. The average molecular weight is 483 g/mol. The number of nitro benzene ring substituents is 1. The first-order chi connectivity index (χ1) is 16.4. The summed E-state index contributed by atoms with van der Waals surface area (Å²) in [7, 11) is 2.78. The Bertz CT molecular complexity index is 1220. The van der Waals surface area contributed by atoms with Crippen molar-refractivity contribution in [2.75, 3.05) is 20.8 Å². The molecule has 1 fully saturated rings. The molecule has 10 nitrogen and oxygen atoms in total. The van der Waals surface area contributed by atoms with Crippen LogP contribution in [0.4, 0.5) is 5.69 Å². The van der Waals surface area contributed by atoms with Crippen molar-refractivity contribution in [3.63, 3.8) is 0 Å². The first-order valence-corrected chi connectivity index (χ1v) is 10.8. The standard InChI is InChI=1S/C23H22N4O6S/c1-31-19-13-14(27(29)30)6-7-15(19)17-8-9-18(33-17)22-21(16-5-3-4-11-24-16)25-23(34)26(22)12-10-20(28)32-2/h3-9,11,13,21-22H,10,12H2,1-2H3,(H,25,34)/t21-,22+/m1/s1. The van der Waals surface area contributed by atoms with Crippen molar-refractivity contribution in [2.24, 2.45) is 0 Å². The zero-order valence-electron chi connectivity index (χ0n) is 18.5. The topological polar surface area (TPSA) is 120 Å². The van der Waals surface area contributed by atoms with Crippen LogP contribution in [0, 0.1) is 10.1 Å². The van der Waals surface area contributed by atoms with Gasteiger partial charge in [0.15, 0.2) is 5.11 Å². The van der Waals surface area contributed by atoms with Crippen molar-refractivity contribution in [1.82, 2.24) is 15.2 Å². The highest BCUT2D eigenvalue weighted by Gasteiger charge is 2.41. The number of hydrogen-bond donors (Lipinski definition) is 1. The molecule has 0 spiro atoms. The van der Waals surface area contributed by atoms with Gasteiger partial charge in [-0.1, -0.05) is 6.07 Å². The van der Waals surface area contributed by atoms with Gasteiger partial charge in [-0.2, -0.15) is 0 Å². The number of thiocarbonyl (C=S) groups is 1. The van der Waals surface area contributed by atoms with E-state index in [1.807, 2.05) is 29.2 Å². The molecule has 0 radical (unpaired) electrons. The van der Waals surface area contributed by atoms with Gasteiger partial charge in [-0.3, -0.25) is 19.9 Å². The highest BCUT2D eigenvalue weighted by Crippen LogP contribution is 2.42. The van der Waals surface area contributed by atoms with Gasteiger partial charge in [-0.15, -0.1) is 0 Å². The maximum atomic E-state index is 11.8. The van der Waals surface area contributed by atoms with Crippen molar-refractivity contribution < 1.29 is 23.6 Å². The van der Waals surface area contributed by atoms with E-state index in [0.29, 0.717) is 34.5 Å². The van der Waals surface area contributed by atoms with Crippen molar-refractivity contribution in [2.45, 2.75) is 18.5 Å². The predicted octanol–water partition coefficient (Wildman–Crippen LogP) is 3.79. The number of benzene rings is 1. The molecule has 3 heterocycles. The molecule has 3 aromatic rings. The average Bonchev–Trinajstić information content (AvgIpc) is 3.46. The van der Waals surface area contributed by atoms with Crippen LogP contribution < -0.4 is 10.1 Å². The fraction of sp³-hybridized carbons (Fsp3) is 0.261. The van der Waals surface area contributed by atoms with E-state index in [1.54, 1.807) is 18.3 Å². The van der Waals surface area contributed by atoms with Crippen LogP contribution in [0.25, 0.3) is 11.3 Å². The first-order valence-electron chi connectivity index (χ1n) is 10.4. The minimum Gasteiger partial charge on any atom is -0.496 e. The molecule has 0 amide bonds. The molecule has 4 rings (SSSR count). The van der Waals surface area contributed by atoms with Gasteiger partial charge in [-0.25, -0.2) is 0 Å². The van der Waals surface area contributed by atoms with Crippen molar-refractivity contribution in [1.29, 1.82) is 0 Å². The molecule has 34 heavy (non-hydrogen) atoms. The highest BCUT2D eigenvalue weighted by molar-refractivity contribution is 7.80. The summed E-state index contributed by atoms with van der Waals surface area (Å²) in [5.74, 6) is 1.04. The van der Waals surface area contributed by atoms with E-state index in [2.05, 4.69) is 10.3 Å². The summed E-state index contributed by atoms with van der Waals surface area (Å²) in [4.78, 5) is 28.8. The summed E-state index contributed by atoms with van der Waals surface area (Å²) in [5, 5.41) is 14.9. The Kier molecular flexibility index (Phi) is 6.73. The third kappa shape index (κ3) is 4.55. The molecule has 1 N–H and O–H groups in total. The van der Waals surface area contributed by atoms with E-state index in [-0.39, 0.29) is 30.2 Å². The quantitative estimate of drug-likeness (QED) is 0.220. The predicted molar refractivity (Wildman–Crippen MR) is 126 cm³/mol. The minimum absolute atomic E-state index is 0.0816.